The topological polar surface area (TPSA) is 102 Å². The van der Waals surface area contributed by atoms with E-state index in [1.54, 1.807) is 0 Å². The molecule has 0 aliphatic heterocycles. The molecule has 2 rings (SSSR count). The highest BCUT2D eigenvalue weighted by Gasteiger charge is 2.24. The quantitative estimate of drug-likeness (QED) is 0.640. The number of carbonyl (C=O) groups is 1. The molecule has 1 aromatic heterocycles. The van der Waals surface area contributed by atoms with Crippen LogP contribution in [0.15, 0.2) is 22.4 Å². The molecule has 0 saturated heterocycles. The van der Waals surface area contributed by atoms with Crippen LogP contribution < -0.4 is 10.5 Å². The Morgan fingerprint density at radius 1 is 1.33 bits per heavy atom. The Labute approximate surface area is 134 Å². The van der Waals surface area contributed by atoms with Gasteiger partial charge in [0, 0.05) is 18.0 Å². The van der Waals surface area contributed by atoms with Crippen molar-refractivity contribution in [3.8, 4) is 0 Å². The summed E-state index contributed by atoms with van der Waals surface area (Å²) in [6.45, 7) is 1.33. The van der Waals surface area contributed by atoms with Gasteiger partial charge in [-0.3, -0.25) is 9.52 Å². The number of hydrogen-bond acceptors (Lipinski definition) is 6. The first kappa shape index (κ1) is 16.0. The molecule has 0 unspecified atom stereocenters. The lowest BCUT2D eigenvalue weighted by molar-refractivity contribution is 0.101. The van der Waals surface area contributed by atoms with Crippen LogP contribution in [-0.4, -0.2) is 19.2 Å². The second-order valence-corrected chi connectivity index (χ2v) is 7.31. The summed E-state index contributed by atoms with van der Waals surface area (Å²) in [7, 11) is -4.04. The van der Waals surface area contributed by atoms with E-state index in [-0.39, 0.29) is 37.2 Å². The van der Waals surface area contributed by atoms with E-state index in [0.29, 0.717) is 0 Å². The van der Waals surface area contributed by atoms with Gasteiger partial charge in [0.15, 0.2) is 10.9 Å². The molecule has 21 heavy (non-hydrogen) atoms. The van der Waals surface area contributed by atoms with Crippen molar-refractivity contribution in [2.45, 2.75) is 11.8 Å². The maximum Gasteiger partial charge on any atom is 0.266 e. The molecule has 3 N–H and O–H groups in total. The van der Waals surface area contributed by atoms with E-state index in [9.17, 15) is 13.2 Å². The highest BCUT2D eigenvalue weighted by Crippen LogP contribution is 2.33. The second kappa shape index (κ2) is 5.80. The zero-order valence-corrected chi connectivity index (χ0v) is 13.7. The number of nitrogen functional groups attached to an aromatic ring is 1. The standard InChI is InChI=1S/C11H9Cl2N3O3S2/c1-5(17)9-4-20-11(15-9)16-21(18,19)10-7(12)2-6(14)3-8(10)13/h2-4H,14H2,1H3,(H,15,16). The molecule has 0 atom stereocenters. The normalized spacial score (nSPS) is 11.4. The number of carbonyl (C=O) groups excluding carboxylic acids is 1. The number of nitrogens with zero attached hydrogens (tertiary/aromatic N) is 1. The van der Waals surface area contributed by atoms with E-state index < -0.39 is 10.0 Å². The van der Waals surface area contributed by atoms with Gasteiger partial charge in [-0.1, -0.05) is 23.2 Å². The molecule has 10 heteroatoms. The first-order valence-corrected chi connectivity index (χ1v) is 8.56. The molecule has 0 saturated carbocycles. The number of hydrogen-bond donors (Lipinski definition) is 2. The van der Waals surface area contributed by atoms with Gasteiger partial charge in [-0.05, 0) is 12.1 Å². The van der Waals surface area contributed by atoms with Crippen LogP contribution in [0.5, 0.6) is 0 Å². The van der Waals surface area contributed by atoms with Crippen molar-refractivity contribution in [1.29, 1.82) is 0 Å². The van der Waals surface area contributed by atoms with Crippen LogP contribution in [0.25, 0.3) is 0 Å². The van der Waals surface area contributed by atoms with E-state index in [2.05, 4.69) is 9.71 Å². The number of rotatable bonds is 4. The van der Waals surface area contributed by atoms with Gasteiger partial charge in [-0.2, -0.15) is 0 Å². The predicted molar refractivity (Wildman–Crippen MR) is 83.8 cm³/mol. The average molecular weight is 366 g/mol. The summed E-state index contributed by atoms with van der Waals surface area (Å²) >= 11 is 12.8. The zero-order valence-electron chi connectivity index (χ0n) is 10.6. The minimum Gasteiger partial charge on any atom is -0.399 e. The summed E-state index contributed by atoms with van der Waals surface area (Å²) in [5, 5.41) is 1.29. The largest absolute Gasteiger partial charge is 0.399 e. The van der Waals surface area contributed by atoms with Crippen LogP contribution in [0, 0.1) is 0 Å². The summed E-state index contributed by atoms with van der Waals surface area (Å²) in [6.07, 6.45) is 0. The van der Waals surface area contributed by atoms with Gasteiger partial charge < -0.3 is 5.73 Å². The van der Waals surface area contributed by atoms with Crippen LogP contribution in [0.3, 0.4) is 0 Å². The molecule has 112 valence electrons. The number of nitrogens with one attached hydrogen (secondary N) is 1. The molecule has 1 aromatic carbocycles. The first-order valence-electron chi connectivity index (χ1n) is 5.44. The molecule has 0 spiro atoms. The summed E-state index contributed by atoms with van der Waals surface area (Å²) in [5.74, 6) is -0.264. The number of Topliss-reactive ketones (excluding diaryl/α,β-unsaturated/α-hetero) is 1. The SMILES string of the molecule is CC(=O)c1csc(NS(=O)(=O)c2c(Cl)cc(N)cc2Cl)n1. The van der Waals surface area contributed by atoms with E-state index in [1.807, 2.05) is 0 Å². The van der Waals surface area contributed by atoms with Crippen molar-refractivity contribution >= 4 is 61.2 Å². The molecule has 0 radical (unpaired) electrons. The highest BCUT2D eigenvalue weighted by atomic mass is 35.5. The van der Waals surface area contributed by atoms with Crippen molar-refractivity contribution in [2.24, 2.45) is 0 Å². The fourth-order valence-corrected chi connectivity index (χ4v) is 4.72. The molecule has 2 aromatic rings. The zero-order chi connectivity index (χ0) is 15.8. The average Bonchev–Trinajstić information content (AvgIpc) is 2.74. The van der Waals surface area contributed by atoms with E-state index in [0.717, 1.165) is 11.3 Å². The van der Waals surface area contributed by atoms with Crippen molar-refractivity contribution < 1.29 is 13.2 Å². The summed E-state index contributed by atoms with van der Waals surface area (Å²) in [4.78, 5) is 14.7. The van der Waals surface area contributed by atoms with Gasteiger partial charge in [0.2, 0.25) is 0 Å². The van der Waals surface area contributed by atoms with E-state index in [1.165, 1.54) is 24.4 Å². The third kappa shape index (κ3) is 3.46. The van der Waals surface area contributed by atoms with Gasteiger partial charge in [0.05, 0.1) is 10.0 Å². The maximum atomic E-state index is 12.3. The van der Waals surface area contributed by atoms with Crippen LogP contribution in [0.1, 0.15) is 17.4 Å². The lowest BCUT2D eigenvalue weighted by atomic mass is 10.3. The number of ketones is 1. The Morgan fingerprint density at radius 2 is 1.90 bits per heavy atom. The smallest absolute Gasteiger partial charge is 0.266 e. The van der Waals surface area contributed by atoms with Crippen LogP contribution in [-0.2, 0) is 10.0 Å². The molecule has 1 heterocycles. The van der Waals surface area contributed by atoms with Gasteiger partial charge in [0.1, 0.15) is 10.6 Å². The highest BCUT2D eigenvalue weighted by molar-refractivity contribution is 7.93. The number of thiazole rings is 1. The number of halogens is 2. The van der Waals surface area contributed by atoms with Gasteiger partial charge in [-0.25, -0.2) is 13.4 Å². The second-order valence-electron chi connectivity index (χ2n) is 4.01. The Morgan fingerprint density at radius 3 is 2.38 bits per heavy atom. The third-order valence-corrected chi connectivity index (χ3v) is 5.52. The van der Waals surface area contributed by atoms with Crippen LogP contribution >= 0.6 is 34.5 Å². The van der Waals surface area contributed by atoms with Crippen molar-refractivity contribution in [3.05, 3.63) is 33.3 Å². The fraction of sp³-hybridized carbons (Fsp3) is 0.0909. The summed E-state index contributed by atoms with van der Waals surface area (Å²) in [6, 6.07) is 2.57. The predicted octanol–water partition coefficient (Wildman–Crippen LogP) is 3.04. The minimum atomic E-state index is -4.04. The fourth-order valence-electron chi connectivity index (χ4n) is 1.48. The minimum absolute atomic E-state index is 0.0455. The number of anilines is 2. The number of sulfonamides is 1. The van der Waals surface area contributed by atoms with Gasteiger partial charge in [-0.15, -0.1) is 11.3 Å². The van der Waals surface area contributed by atoms with E-state index >= 15 is 0 Å². The molecule has 6 nitrogen and oxygen atoms in total. The molecule has 0 amide bonds. The van der Waals surface area contributed by atoms with E-state index in [4.69, 9.17) is 28.9 Å². The Kier molecular flexibility index (Phi) is 4.43. The monoisotopic (exact) mass is 365 g/mol. The van der Waals surface area contributed by atoms with Gasteiger partial charge >= 0.3 is 0 Å². The molecule has 0 bridgehead atoms. The van der Waals surface area contributed by atoms with Crippen LogP contribution in [0.2, 0.25) is 10.0 Å². The lowest BCUT2D eigenvalue weighted by Crippen LogP contribution is -2.14. The Bertz CT molecular complexity index is 795. The van der Waals surface area contributed by atoms with Crippen LogP contribution in [0.4, 0.5) is 10.8 Å². The summed E-state index contributed by atoms with van der Waals surface area (Å²) < 4.78 is 26.8. The molecular formula is C11H9Cl2N3O3S2. The Hall–Kier alpha value is -1.35. The van der Waals surface area contributed by atoms with Crippen molar-refractivity contribution in [2.75, 3.05) is 10.5 Å². The number of benzene rings is 1. The van der Waals surface area contributed by atoms with Gasteiger partial charge in [0.25, 0.3) is 10.0 Å². The molecular weight excluding hydrogens is 357 g/mol. The summed E-state index contributed by atoms with van der Waals surface area (Å²) in [5.41, 5.74) is 5.95. The van der Waals surface area contributed by atoms with Crippen molar-refractivity contribution in [3.63, 3.8) is 0 Å². The number of nitrogens with two attached hydrogens (primary N) is 1. The lowest BCUT2D eigenvalue weighted by Gasteiger charge is -2.09. The molecule has 0 aliphatic rings. The van der Waals surface area contributed by atoms with Crippen molar-refractivity contribution in [1.82, 2.24) is 4.98 Å². The molecule has 0 aliphatic carbocycles. The Balaban J connectivity index is 2.41. The first-order chi connectivity index (χ1) is 9.70. The maximum absolute atomic E-state index is 12.3. The number of aromatic nitrogens is 1. The molecule has 0 fully saturated rings. The third-order valence-electron chi connectivity index (χ3n) is 2.38.